The molecule has 0 aromatic carbocycles. The van der Waals surface area contributed by atoms with Gasteiger partial charge in [0.2, 0.25) is 5.91 Å². The van der Waals surface area contributed by atoms with Crippen LogP contribution in [0.5, 0.6) is 0 Å². The average Bonchev–Trinajstić information content (AvgIpc) is 2.39. The highest BCUT2D eigenvalue weighted by atomic mass is 16.5. The summed E-state index contributed by atoms with van der Waals surface area (Å²) in [6, 6.07) is 0. The molecule has 2 atom stereocenters. The van der Waals surface area contributed by atoms with Crippen molar-refractivity contribution < 1.29 is 14.3 Å². The molecule has 0 radical (unpaired) electrons. The quantitative estimate of drug-likeness (QED) is 0.722. The van der Waals surface area contributed by atoms with Gasteiger partial charge in [0.1, 0.15) is 0 Å². The zero-order valence-electron chi connectivity index (χ0n) is 11.9. The normalized spacial score (nSPS) is 29.5. The smallest absolute Gasteiger partial charge is 0.236 e. The molecule has 2 rings (SSSR count). The first kappa shape index (κ1) is 14.7. The number of hydrogen-bond donors (Lipinski definition) is 1. The number of morpholine rings is 2. The van der Waals surface area contributed by atoms with Crippen LogP contribution in [0.3, 0.4) is 0 Å². The molecule has 2 aliphatic heterocycles. The third-order valence-electron chi connectivity index (χ3n) is 3.61. The van der Waals surface area contributed by atoms with Gasteiger partial charge in [-0.05, 0) is 14.0 Å². The van der Waals surface area contributed by atoms with Crippen molar-refractivity contribution >= 4 is 5.91 Å². The molecule has 0 aromatic heterocycles. The summed E-state index contributed by atoms with van der Waals surface area (Å²) in [4.78, 5) is 16.4. The van der Waals surface area contributed by atoms with E-state index < -0.39 is 0 Å². The number of amides is 1. The maximum atomic E-state index is 12.2. The van der Waals surface area contributed by atoms with E-state index in [1.807, 2.05) is 18.9 Å². The first-order valence-corrected chi connectivity index (χ1v) is 7.07. The molecule has 0 aromatic rings. The number of rotatable bonds is 4. The molecule has 2 unspecified atom stereocenters. The lowest BCUT2D eigenvalue weighted by molar-refractivity contribution is -0.141. The Bertz CT molecular complexity index is 299. The van der Waals surface area contributed by atoms with Crippen LogP contribution in [-0.4, -0.2) is 87.4 Å². The van der Waals surface area contributed by atoms with Gasteiger partial charge < -0.3 is 19.7 Å². The molecule has 110 valence electrons. The van der Waals surface area contributed by atoms with Crippen LogP contribution in [0.4, 0.5) is 0 Å². The standard InChI is InChI=1S/C13H25N3O3/c1-11-8-16(4-6-18-11)13(17)10-15-3-5-19-12(9-15)7-14-2/h11-12,14H,3-10H2,1-2H3. The molecular formula is C13H25N3O3. The second-order valence-corrected chi connectivity index (χ2v) is 5.31. The Labute approximate surface area is 115 Å². The molecule has 2 fully saturated rings. The van der Waals surface area contributed by atoms with E-state index in [1.54, 1.807) is 0 Å². The zero-order valence-corrected chi connectivity index (χ0v) is 11.9. The number of nitrogens with zero attached hydrogens (tertiary/aromatic N) is 2. The van der Waals surface area contributed by atoms with Gasteiger partial charge in [-0.25, -0.2) is 0 Å². The summed E-state index contributed by atoms with van der Waals surface area (Å²) in [6.45, 7) is 7.79. The predicted octanol–water partition coefficient (Wildman–Crippen LogP) is -0.846. The molecule has 2 saturated heterocycles. The topological polar surface area (TPSA) is 54.0 Å². The minimum atomic E-state index is 0.152. The molecular weight excluding hydrogens is 246 g/mol. The van der Waals surface area contributed by atoms with Crippen LogP contribution in [0.1, 0.15) is 6.92 Å². The molecule has 2 heterocycles. The van der Waals surface area contributed by atoms with Crippen molar-refractivity contribution in [1.82, 2.24) is 15.1 Å². The van der Waals surface area contributed by atoms with Crippen molar-refractivity contribution in [3.05, 3.63) is 0 Å². The maximum Gasteiger partial charge on any atom is 0.236 e. The summed E-state index contributed by atoms with van der Waals surface area (Å²) in [5, 5.41) is 3.12. The fourth-order valence-electron chi connectivity index (χ4n) is 2.61. The van der Waals surface area contributed by atoms with Crippen LogP contribution < -0.4 is 5.32 Å². The summed E-state index contributed by atoms with van der Waals surface area (Å²) >= 11 is 0. The highest BCUT2D eigenvalue weighted by Crippen LogP contribution is 2.08. The van der Waals surface area contributed by atoms with E-state index in [2.05, 4.69) is 10.2 Å². The molecule has 0 spiro atoms. The fourth-order valence-corrected chi connectivity index (χ4v) is 2.61. The minimum absolute atomic E-state index is 0.152. The third-order valence-corrected chi connectivity index (χ3v) is 3.61. The van der Waals surface area contributed by atoms with Crippen molar-refractivity contribution in [2.75, 3.05) is 59.5 Å². The van der Waals surface area contributed by atoms with Gasteiger partial charge in [0.15, 0.2) is 0 Å². The predicted molar refractivity (Wildman–Crippen MR) is 72.1 cm³/mol. The van der Waals surface area contributed by atoms with Crippen molar-refractivity contribution in [3.8, 4) is 0 Å². The summed E-state index contributed by atoms with van der Waals surface area (Å²) in [5.41, 5.74) is 0. The van der Waals surface area contributed by atoms with E-state index >= 15 is 0 Å². The molecule has 0 aliphatic carbocycles. The Morgan fingerprint density at radius 2 is 2.05 bits per heavy atom. The lowest BCUT2D eigenvalue weighted by Gasteiger charge is -2.36. The number of carbonyl (C=O) groups excluding carboxylic acids is 1. The summed E-state index contributed by atoms with van der Waals surface area (Å²) < 4.78 is 11.1. The number of ether oxygens (including phenoxy) is 2. The molecule has 6 nitrogen and oxygen atoms in total. The van der Waals surface area contributed by atoms with Gasteiger partial charge in [0.05, 0.1) is 32.0 Å². The molecule has 1 N–H and O–H groups in total. The molecule has 0 saturated carbocycles. The molecule has 19 heavy (non-hydrogen) atoms. The van der Waals surface area contributed by atoms with Gasteiger partial charge in [-0.3, -0.25) is 9.69 Å². The minimum Gasteiger partial charge on any atom is -0.375 e. The van der Waals surface area contributed by atoms with Crippen LogP contribution in [0.25, 0.3) is 0 Å². The van der Waals surface area contributed by atoms with Crippen LogP contribution in [0.15, 0.2) is 0 Å². The Kier molecular flexibility index (Phi) is 5.57. The average molecular weight is 271 g/mol. The van der Waals surface area contributed by atoms with Gasteiger partial charge in [-0.1, -0.05) is 0 Å². The fraction of sp³-hybridized carbons (Fsp3) is 0.923. The Balaban J connectivity index is 1.77. The van der Waals surface area contributed by atoms with Crippen LogP contribution in [0.2, 0.25) is 0 Å². The van der Waals surface area contributed by atoms with E-state index in [0.29, 0.717) is 32.8 Å². The lowest BCUT2D eigenvalue weighted by atomic mass is 10.2. The summed E-state index contributed by atoms with van der Waals surface area (Å²) in [6.07, 6.45) is 0.342. The Morgan fingerprint density at radius 3 is 2.79 bits per heavy atom. The Morgan fingerprint density at radius 1 is 1.26 bits per heavy atom. The van der Waals surface area contributed by atoms with Gasteiger partial charge in [0.25, 0.3) is 0 Å². The largest absolute Gasteiger partial charge is 0.375 e. The number of hydrogen-bond acceptors (Lipinski definition) is 5. The van der Waals surface area contributed by atoms with Gasteiger partial charge >= 0.3 is 0 Å². The number of nitrogens with one attached hydrogen (secondary N) is 1. The Hall–Kier alpha value is -0.690. The zero-order chi connectivity index (χ0) is 13.7. The van der Waals surface area contributed by atoms with Crippen LogP contribution >= 0.6 is 0 Å². The molecule has 1 amide bonds. The van der Waals surface area contributed by atoms with E-state index in [9.17, 15) is 4.79 Å². The first-order valence-electron chi connectivity index (χ1n) is 7.07. The van der Waals surface area contributed by atoms with Crippen molar-refractivity contribution in [2.24, 2.45) is 0 Å². The first-order chi connectivity index (χ1) is 9.19. The monoisotopic (exact) mass is 271 g/mol. The van der Waals surface area contributed by atoms with Gasteiger partial charge in [-0.15, -0.1) is 0 Å². The third kappa shape index (κ3) is 4.42. The van der Waals surface area contributed by atoms with Gasteiger partial charge in [0, 0.05) is 32.7 Å². The second-order valence-electron chi connectivity index (χ2n) is 5.31. The van der Waals surface area contributed by atoms with Crippen LogP contribution in [-0.2, 0) is 14.3 Å². The van der Waals surface area contributed by atoms with E-state index in [1.165, 1.54) is 0 Å². The lowest BCUT2D eigenvalue weighted by Crippen LogP contribution is -2.52. The maximum absolute atomic E-state index is 12.2. The second kappa shape index (κ2) is 7.19. The SMILES string of the molecule is CNCC1CN(CC(=O)N2CCOC(C)C2)CCO1. The number of carbonyl (C=O) groups is 1. The van der Waals surface area contributed by atoms with Gasteiger partial charge in [-0.2, -0.15) is 0 Å². The molecule has 2 aliphatic rings. The number of likely N-dealkylation sites (N-methyl/N-ethyl adjacent to an activating group) is 1. The summed E-state index contributed by atoms with van der Waals surface area (Å²) in [7, 11) is 1.92. The van der Waals surface area contributed by atoms with E-state index in [0.717, 1.165) is 19.6 Å². The van der Waals surface area contributed by atoms with E-state index in [-0.39, 0.29) is 18.1 Å². The van der Waals surface area contributed by atoms with Crippen molar-refractivity contribution in [1.29, 1.82) is 0 Å². The summed E-state index contributed by atoms with van der Waals surface area (Å²) in [5.74, 6) is 0.209. The van der Waals surface area contributed by atoms with E-state index in [4.69, 9.17) is 9.47 Å². The highest BCUT2D eigenvalue weighted by molar-refractivity contribution is 5.78. The van der Waals surface area contributed by atoms with Crippen LogP contribution in [0, 0.1) is 0 Å². The molecule has 0 bridgehead atoms. The highest BCUT2D eigenvalue weighted by Gasteiger charge is 2.26. The molecule has 6 heteroatoms. The van der Waals surface area contributed by atoms with Crippen molar-refractivity contribution in [2.45, 2.75) is 19.1 Å². The van der Waals surface area contributed by atoms with Crippen molar-refractivity contribution in [3.63, 3.8) is 0 Å².